The first-order valence-corrected chi connectivity index (χ1v) is 6.15. The van der Waals surface area contributed by atoms with Crippen LogP contribution in [-0.2, 0) is 4.18 Å². The lowest BCUT2D eigenvalue weighted by molar-refractivity contribution is 0.474. The summed E-state index contributed by atoms with van der Waals surface area (Å²) in [6.07, 6.45) is 0. The molecule has 0 unspecified atom stereocenters. The van der Waals surface area contributed by atoms with Gasteiger partial charge < -0.3 is 9.29 Å². The van der Waals surface area contributed by atoms with Crippen molar-refractivity contribution in [2.45, 2.75) is 9.79 Å². The molecular formula is C13H14O2S2. The van der Waals surface area contributed by atoms with Crippen LogP contribution in [0.25, 0.3) is 0 Å². The predicted octanol–water partition coefficient (Wildman–Crippen LogP) is 4.02. The van der Waals surface area contributed by atoms with E-state index in [0.29, 0.717) is 0 Å². The Balaban J connectivity index is 0.000000181. The van der Waals surface area contributed by atoms with Crippen molar-refractivity contribution in [3.05, 3.63) is 54.6 Å². The van der Waals surface area contributed by atoms with Gasteiger partial charge in [-0.2, -0.15) is 0 Å². The van der Waals surface area contributed by atoms with Gasteiger partial charge in [-0.1, -0.05) is 18.2 Å². The van der Waals surface area contributed by atoms with Crippen LogP contribution in [0.3, 0.4) is 0 Å². The van der Waals surface area contributed by atoms with Gasteiger partial charge in [-0.05, 0) is 36.4 Å². The number of phenols is 1. The van der Waals surface area contributed by atoms with Crippen LogP contribution in [0.4, 0.5) is 0 Å². The fourth-order valence-electron chi connectivity index (χ4n) is 1.03. The molecule has 2 nitrogen and oxygen atoms in total. The third-order valence-corrected chi connectivity index (χ3v) is 2.70. The molecule has 2 aromatic rings. The van der Waals surface area contributed by atoms with E-state index in [4.69, 9.17) is 9.29 Å². The minimum Gasteiger partial charge on any atom is -0.508 e. The summed E-state index contributed by atoms with van der Waals surface area (Å²) in [7, 11) is 1.61. The van der Waals surface area contributed by atoms with Crippen molar-refractivity contribution in [3.63, 3.8) is 0 Å². The Morgan fingerprint density at radius 2 is 1.59 bits per heavy atom. The second-order valence-corrected chi connectivity index (χ2v) is 4.57. The van der Waals surface area contributed by atoms with Crippen LogP contribution in [0.2, 0.25) is 0 Å². The summed E-state index contributed by atoms with van der Waals surface area (Å²) in [5.41, 5.74) is 0. The third-order valence-electron chi connectivity index (χ3n) is 1.77. The number of phenolic OH excluding ortho intramolecular Hbond substituents is 1. The minimum absolute atomic E-state index is 0.278. The van der Waals surface area contributed by atoms with Gasteiger partial charge in [0.25, 0.3) is 0 Å². The van der Waals surface area contributed by atoms with Crippen LogP contribution in [0.5, 0.6) is 5.75 Å². The number of rotatable bonds is 2. The molecule has 0 aromatic heterocycles. The van der Waals surface area contributed by atoms with E-state index < -0.39 is 0 Å². The molecule has 0 radical (unpaired) electrons. The lowest BCUT2D eigenvalue weighted by Gasteiger charge is -1.95. The van der Waals surface area contributed by atoms with Gasteiger partial charge in [-0.15, -0.1) is 12.6 Å². The minimum atomic E-state index is 0.278. The van der Waals surface area contributed by atoms with Crippen LogP contribution in [0.1, 0.15) is 0 Å². The van der Waals surface area contributed by atoms with Crippen molar-refractivity contribution < 1.29 is 9.29 Å². The Labute approximate surface area is 111 Å². The highest BCUT2D eigenvalue weighted by atomic mass is 32.2. The topological polar surface area (TPSA) is 29.5 Å². The molecule has 0 aliphatic heterocycles. The number of thiol groups is 1. The molecule has 0 saturated heterocycles. The van der Waals surface area contributed by atoms with Crippen LogP contribution in [0, 0.1) is 0 Å². The summed E-state index contributed by atoms with van der Waals surface area (Å²) >= 11 is 5.36. The van der Waals surface area contributed by atoms with Crippen molar-refractivity contribution in [2.75, 3.05) is 7.11 Å². The fourth-order valence-corrected chi connectivity index (χ4v) is 1.64. The maximum Gasteiger partial charge on any atom is 0.115 e. The van der Waals surface area contributed by atoms with Gasteiger partial charge in [0.15, 0.2) is 0 Å². The van der Waals surface area contributed by atoms with Gasteiger partial charge in [-0.25, -0.2) is 0 Å². The second kappa shape index (κ2) is 8.06. The van der Waals surface area contributed by atoms with Gasteiger partial charge in [0.1, 0.15) is 5.75 Å². The smallest absolute Gasteiger partial charge is 0.115 e. The molecule has 90 valence electrons. The van der Waals surface area contributed by atoms with Crippen LogP contribution < -0.4 is 0 Å². The fraction of sp³-hybridized carbons (Fsp3) is 0.0769. The van der Waals surface area contributed by atoms with Crippen molar-refractivity contribution in [1.82, 2.24) is 0 Å². The van der Waals surface area contributed by atoms with E-state index in [9.17, 15) is 0 Å². The van der Waals surface area contributed by atoms with E-state index in [1.54, 1.807) is 31.4 Å². The SMILES string of the molecule is COSc1ccc(O)cc1.Sc1ccccc1. The van der Waals surface area contributed by atoms with Gasteiger partial charge in [0.05, 0.1) is 7.11 Å². The first-order valence-electron chi connectivity index (χ1n) is 4.96. The zero-order chi connectivity index (χ0) is 12.5. The molecule has 2 aromatic carbocycles. The van der Waals surface area contributed by atoms with Gasteiger partial charge in [0, 0.05) is 21.8 Å². The van der Waals surface area contributed by atoms with E-state index in [1.165, 1.54) is 12.0 Å². The van der Waals surface area contributed by atoms with E-state index >= 15 is 0 Å². The zero-order valence-corrected chi connectivity index (χ0v) is 11.1. The number of aromatic hydroxyl groups is 1. The van der Waals surface area contributed by atoms with E-state index in [0.717, 1.165) is 9.79 Å². The summed E-state index contributed by atoms with van der Waals surface area (Å²) in [6.45, 7) is 0. The van der Waals surface area contributed by atoms with Gasteiger partial charge in [0.2, 0.25) is 0 Å². The molecule has 0 spiro atoms. The number of hydrogen-bond donors (Lipinski definition) is 2. The summed E-state index contributed by atoms with van der Waals surface area (Å²) in [5.74, 6) is 0.278. The number of benzene rings is 2. The standard InChI is InChI=1S/C7H8O2S.C6H6S/c1-9-10-7-4-2-6(8)3-5-7;7-6-4-2-1-3-5-6/h2-5,8H,1H3;1-5,7H. The molecule has 0 amide bonds. The number of hydrogen-bond acceptors (Lipinski definition) is 4. The van der Waals surface area contributed by atoms with Crippen LogP contribution in [-0.4, -0.2) is 12.2 Å². The highest BCUT2D eigenvalue weighted by Gasteiger charge is 1.91. The Morgan fingerprint density at radius 3 is 2.00 bits per heavy atom. The summed E-state index contributed by atoms with van der Waals surface area (Å²) < 4.78 is 4.80. The molecular weight excluding hydrogens is 252 g/mol. The Morgan fingerprint density at radius 1 is 1.00 bits per heavy atom. The molecule has 1 N–H and O–H groups in total. The van der Waals surface area contributed by atoms with Gasteiger partial charge >= 0.3 is 0 Å². The van der Waals surface area contributed by atoms with E-state index in [-0.39, 0.29) is 5.75 Å². The normalized spacial score (nSPS) is 9.29. The highest BCUT2D eigenvalue weighted by molar-refractivity contribution is 7.94. The predicted molar refractivity (Wildman–Crippen MR) is 74.7 cm³/mol. The zero-order valence-electron chi connectivity index (χ0n) is 9.41. The quantitative estimate of drug-likeness (QED) is 0.635. The maximum atomic E-state index is 8.87. The van der Waals surface area contributed by atoms with Crippen LogP contribution >= 0.6 is 24.7 Å². The lowest BCUT2D eigenvalue weighted by Crippen LogP contribution is -1.70. The summed E-state index contributed by atoms with van der Waals surface area (Å²) in [6, 6.07) is 16.6. The van der Waals surface area contributed by atoms with Gasteiger partial charge in [-0.3, -0.25) is 0 Å². The highest BCUT2D eigenvalue weighted by Crippen LogP contribution is 2.20. The van der Waals surface area contributed by atoms with Crippen molar-refractivity contribution >= 4 is 24.7 Å². The Bertz CT molecular complexity index is 415. The molecule has 0 heterocycles. The first kappa shape index (κ1) is 14.0. The molecule has 0 saturated carbocycles. The average Bonchev–Trinajstić information content (AvgIpc) is 2.34. The monoisotopic (exact) mass is 266 g/mol. The molecule has 4 heteroatoms. The molecule has 0 aliphatic carbocycles. The first-order chi connectivity index (χ1) is 8.22. The molecule has 0 fully saturated rings. The molecule has 17 heavy (non-hydrogen) atoms. The lowest BCUT2D eigenvalue weighted by atomic mass is 10.3. The second-order valence-electron chi connectivity index (χ2n) is 3.08. The van der Waals surface area contributed by atoms with Crippen molar-refractivity contribution in [3.8, 4) is 5.75 Å². The Kier molecular flexibility index (Phi) is 6.62. The van der Waals surface area contributed by atoms with Crippen molar-refractivity contribution in [1.29, 1.82) is 0 Å². The summed E-state index contributed by atoms with van der Waals surface area (Å²) in [4.78, 5) is 2.00. The Hall–Kier alpha value is -1.10. The largest absolute Gasteiger partial charge is 0.508 e. The van der Waals surface area contributed by atoms with Crippen LogP contribution in [0.15, 0.2) is 64.4 Å². The molecule has 0 atom stereocenters. The summed E-state index contributed by atoms with van der Waals surface area (Å²) in [5, 5.41) is 8.87. The molecule has 0 bridgehead atoms. The molecule has 2 rings (SSSR count). The van der Waals surface area contributed by atoms with E-state index in [2.05, 4.69) is 12.6 Å². The van der Waals surface area contributed by atoms with Crippen molar-refractivity contribution in [2.24, 2.45) is 0 Å². The third kappa shape index (κ3) is 6.26. The maximum absolute atomic E-state index is 8.87. The van der Waals surface area contributed by atoms with E-state index in [1.807, 2.05) is 30.3 Å². The molecule has 0 aliphatic rings. The average molecular weight is 266 g/mol.